The Morgan fingerprint density at radius 1 is 1.17 bits per heavy atom. The third kappa shape index (κ3) is 3.68. The van der Waals surface area contributed by atoms with Crippen molar-refractivity contribution < 1.29 is 32.3 Å². The average Bonchev–Trinajstić information content (AvgIpc) is 2.88. The van der Waals surface area contributed by atoms with Crippen LogP contribution in [0.5, 0.6) is 0 Å². The van der Waals surface area contributed by atoms with Crippen molar-refractivity contribution in [1.82, 2.24) is 0 Å². The van der Waals surface area contributed by atoms with Crippen LogP contribution in [-0.2, 0) is 16.1 Å². The van der Waals surface area contributed by atoms with Crippen LogP contribution < -0.4 is 0 Å². The standard InChI is InChI=1S/C15H11ClF2O5/c1-7-3-8(23-13(7)15(20)21-2)6-22-14(19)9-4-11(17)12(18)5-10(9)16/h3-5H,6H2,1-2H3. The summed E-state index contributed by atoms with van der Waals surface area (Å²) in [5.41, 5.74) is 0.191. The van der Waals surface area contributed by atoms with Gasteiger partial charge in [-0.3, -0.25) is 0 Å². The van der Waals surface area contributed by atoms with Crippen LogP contribution in [0.3, 0.4) is 0 Å². The van der Waals surface area contributed by atoms with E-state index in [1.54, 1.807) is 6.92 Å². The molecule has 0 fully saturated rings. The minimum atomic E-state index is -1.22. The molecule has 0 radical (unpaired) electrons. The lowest BCUT2D eigenvalue weighted by Crippen LogP contribution is -2.07. The minimum Gasteiger partial charge on any atom is -0.463 e. The summed E-state index contributed by atoms with van der Waals surface area (Å²) in [7, 11) is 1.20. The molecule has 1 aromatic carbocycles. The van der Waals surface area contributed by atoms with Gasteiger partial charge in [-0.2, -0.15) is 0 Å². The van der Waals surface area contributed by atoms with Gasteiger partial charge in [0.1, 0.15) is 12.4 Å². The molecule has 2 rings (SSSR count). The Bertz CT molecular complexity index is 769. The lowest BCUT2D eigenvalue weighted by molar-refractivity contribution is 0.0438. The number of benzene rings is 1. The average molecular weight is 345 g/mol. The Morgan fingerprint density at radius 3 is 2.48 bits per heavy atom. The van der Waals surface area contributed by atoms with Gasteiger partial charge in [-0.1, -0.05) is 11.6 Å². The predicted octanol–water partition coefficient (Wildman–Crippen LogP) is 3.66. The normalized spacial score (nSPS) is 10.5. The van der Waals surface area contributed by atoms with Crippen LogP contribution in [0, 0.1) is 18.6 Å². The summed E-state index contributed by atoms with van der Waals surface area (Å²) in [4.78, 5) is 23.3. The molecule has 0 atom stereocenters. The molecule has 0 spiro atoms. The summed E-state index contributed by atoms with van der Waals surface area (Å²) >= 11 is 5.68. The molecule has 0 bridgehead atoms. The fraction of sp³-hybridized carbons (Fsp3) is 0.200. The molecule has 2 aromatic rings. The molecular formula is C15H11ClF2O5. The number of aryl methyl sites for hydroxylation is 1. The van der Waals surface area contributed by atoms with Gasteiger partial charge in [0.2, 0.25) is 5.76 Å². The monoisotopic (exact) mass is 344 g/mol. The summed E-state index contributed by atoms with van der Waals surface area (Å²) in [6, 6.07) is 2.82. The molecular weight excluding hydrogens is 334 g/mol. The third-order valence-electron chi connectivity index (χ3n) is 2.91. The highest BCUT2D eigenvalue weighted by molar-refractivity contribution is 6.33. The van der Waals surface area contributed by atoms with E-state index in [1.165, 1.54) is 13.2 Å². The van der Waals surface area contributed by atoms with Crippen LogP contribution >= 0.6 is 11.6 Å². The predicted molar refractivity (Wildman–Crippen MR) is 75.3 cm³/mol. The van der Waals surface area contributed by atoms with Gasteiger partial charge in [-0.05, 0) is 25.1 Å². The van der Waals surface area contributed by atoms with Crippen LogP contribution in [0.4, 0.5) is 8.78 Å². The van der Waals surface area contributed by atoms with Gasteiger partial charge in [0.15, 0.2) is 11.6 Å². The number of carbonyl (C=O) groups is 2. The lowest BCUT2D eigenvalue weighted by atomic mass is 10.2. The number of hydrogen-bond donors (Lipinski definition) is 0. The first kappa shape index (κ1) is 17.0. The molecule has 0 N–H and O–H groups in total. The van der Waals surface area contributed by atoms with Crippen molar-refractivity contribution in [3.63, 3.8) is 0 Å². The van der Waals surface area contributed by atoms with Gasteiger partial charge in [0.25, 0.3) is 0 Å². The number of carbonyl (C=O) groups excluding carboxylic acids is 2. The van der Waals surface area contributed by atoms with Crippen LogP contribution in [0.1, 0.15) is 32.2 Å². The zero-order valence-electron chi connectivity index (χ0n) is 12.1. The van der Waals surface area contributed by atoms with E-state index in [0.29, 0.717) is 17.7 Å². The zero-order chi connectivity index (χ0) is 17.1. The first-order chi connectivity index (χ1) is 10.8. The van der Waals surface area contributed by atoms with Crippen LogP contribution in [-0.4, -0.2) is 19.0 Å². The van der Waals surface area contributed by atoms with Crippen LogP contribution in [0.25, 0.3) is 0 Å². The maximum absolute atomic E-state index is 13.2. The van der Waals surface area contributed by atoms with Gasteiger partial charge in [0.05, 0.1) is 17.7 Å². The van der Waals surface area contributed by atoms with E-state index >= 15 is 0 Å². The second kappa shape index (κ2) is 6.78. The second-order valence-corrected chi connectivity index (χ2v) is 4.95. The number of rotatable bonds is 4. The quantitative estimate of drug-likeness (QED) is 0.625. The van der Waals surface area contributed by atoms with Crippen molar-refractivity contribution in [1.29, 1.82) is 0 Å². The Morgan fingerprint density at radius 2 is 1.83 bits per heavy atom. The molecule has 0 saturated heterocycles. The molecule has 1 heterocycles. The van der Waals surface area contributed by atoms with E-state index in [1.807, 2.05) is 0 Å². The topological polar surface area (TPSA) is 65.7 Å². The van der Waals surface area contributed by atoms with Gasteiger partial charge >= 0.3 is 11.9 Å². The van der Waals surface area contributed by atoms with Gasteiger partial charge in [-0.15, -0.1) is 0 Å². The van der Waals surface area contributed by atoms with Gasteiger partial charge in [0, 0.05) is 5.56 Å². The zero-order valence-corrected chi connectivity index (χ0v) is 12.9. The molecule has 0 aliphatic rings. The summed E-state index contributed by atoms with van der Waals surface area (Å²) in [6.45, 7) is 1.30. The number of hydrogen-bond acceptors (Lipinski definition) is 5. The first-order valence-electron chi connectivity index (χ1n) is 6.32. The van der Waals surface area contributed by atoms with Crippen molar-refractivity contribution in [2.45, 2.75) is 13.5 Å². The lowest BCUT2D eigenvalue weighted by Gasteiger charge is -2.05. The summed E-state index contributed by atoms with van der Waals surface area (Å²) < 4.78 is 40.8. The van der Waals surface area contributed by atoms with E-state index in [2.05, 4.69) is 4.74 Å². The largest absolute Gasteiger partial charge is 0.463 e. The SMILES string of the molecule is COC(=O)c1oc(COC(=O)c2cc(F)c(F)cc2Cl)cc1C. The highest BCUT2D eigenvalue weighted by Crippen LogP contribution is 2.22. The first-order valence-corrected chi connectivity index (χ1v) is 6.70. The fourth-order valence-electron chi connectivity index (χ4n) is 1.81. The second-order valence-electron chi connectivity index (χ2n) is 4.54. The van der Waals surface area contributed by atoms with Crippen molar-refractivity contribution in [2.75, 3.05) is 7.11 Å². The Hall–Kier alpha value is -2.41. The molecule has 5 nitrogen and oxygen atoms in total. The van der Waals surface area contributed by atoms with E-state index < -0.39 is 23.6 Å². The molecule has 23 heavy (non-hydrogen) atoms. The van der Waals surface area contributed by atoms with Crippen molar-refractivity contribution in [3.05, 3.63) is 57.5 Å². The molecule has 0 unspecified atom stereocenters. The maximum Gasteiger partial charge on any atom is 0.374 e. The molecule has 0 saturated carbocycles. The Kier molecular flexibility index (Phi) is 5.00. The number of methoxy groups -OCH3 is 1. The molecule has 0 aliphatic heterocycles. The molecule has 8 heteroatoms. The summed E-state index contributed by atoms with van der Waals surface area (Å²) in [5, 5.41) is -0.278. The Labute approximate surface area is 134 Å². The number of halogens is 3. The van der Waals surface area contributed by atoms with E-state index in [-0.39, 0.29) is 28.7 Å². The third-order valence-corrected chi connectivity index (χ3v) is 3.23. The van der Waals surface area contributed by atoms with Crippen molar-refractivity contribution in [2.24, 2.45) is 0 Å². The maximum atomic E-state index is 13.2. The molecule has 1 aromatic heterocycles. The van der Waals surface area contributed by atoms with Gasteiger partial charge < -0.3 is 13.9 Å². The summed E-state index contributed by atoms with van der Waals surface area (Å²) in [5.74, 6) is -3.83. The smallest absolute Gasteiger partial charge is 0.374 e. The molecule has 122 valence electrons. The van der Waals surface area contributed by atoms with Crippen LogP contribution in [0.2, 0.25) is 5.02 Å². The number of furan rings is 1. The van der Waals surface area contributed by atoms with E-state index in [4.69, 9.17) is 20.8 Å². The van der Waals surface area contributed by atoms with E-state index in [9.17, 15) is 18.4 Å². The molecule has 0 aliphatic carbocycles. The van der Waals surface area contributed by atoms with Crippen molar-refractivity contribution in [3.8, 4) is 0 Å². The van der Waals surface area contributed by atoms with E-state index in [0.717, 1.165) is 0 Å². The van der Waals surface area contributed by atoms with Crippen LogP contribution in [0.15, 0.2) is 22.6 Å². The summed E-state index contributed by atoms with van der Waals surface area (Å²) in [6.07, 6.45) is 0. The fourth-order valence-corrected chi connectivity index (χ4v) is 2.04. The Balaban J connectivity index is 2.11. The van der Waals surface area contributed by atoms with Crippen molar-refractivity contribution >= 4 is 23.5 Å². The van der Waals surface area contributed by atoms with Gasteiger partial charge in [-0.25, -0.2) is 18.4 Å². The highest BCUT2D eigenvalue weighted by atomic mass is 35.5. The minimum absolute atomic E-state index is 0.00981. The number of esters is 2. The molecule has 0 amide bonds. The highest BCUT2D eigenvalue weighted by Gasteiger charge is 2.19. The number of ether oxygens (including phenoxy) is 2.